The molecule has 10 heavy (non-hydrogen) atoms. The topological polar surface area (TPSA) is 42.0 Å². The van der Waals surface area contributed by atoms with E-state index in [1.165, 1.54) is 4.78 Å². The average Bonchev–Trinajstić information content (AvgIpc) is 2.31. The molecule has 0 aliphatic carbocycles. The van der Waals surface area contributed by atoms with Gasteiger partial charge in [-0.3, -0.25) is 4.79 Å². The first-order chi connectivity index (χ1) is 4.83. The normalized spacial score (nSPS) is 9.20. The van der Waals surface area contributed by atoms with Gasteiger partial charge >= 0.3 is 0 Å². The molecule has 1 aromatic heterocycles. The summed E-state index contributed by atoms with van der Waals surface area (Å²) in [5.41, 5.74) is 0. The summed E-state index contributed by atoms with van der Waals surface area (Å²) in [5.74, 6) is 0. The van der Waals surface area contributed by atoms with Gasteiger partial charge in [0.25, 0.3) is 0 Å². The highest BCUT2D eigenvalue weighted by Gasteiger charge is 1.94. The van der Waals surface area contributed by atoms with E-state index in [-0.39, 0.29) is 0 Å². The molecule has 0 bridgehead atoms. The van der Waals surface area contributed by atoms with E-state index in [0.29, 0.717) is 13.0 Å². The third-order valence-electron chi connectivity index (χ3n) is 1.01. The zero-order valence-corrected chi connectivity index (χ0v) is 6.44. The molecule has 1 rings (SSSR count). The van der Waals surface area contributed by atoms with Gasteiger partial charge in [0.05, 0.1) is 6.54 Å². The highest BCUT2D eigenvalue weighted by molar-refractivity contribution is 7.19. The Morgan fingerprint density at radius 1 is 1.90 bits per heavy atom. The Labute approximate surface area is 63.9 Å². The predicted molar refractivity (Wildman–Crippen MR) is 43.2 cm³/mol. The van der Waals surface area contributed by atoms with Crippen LogP contribution in [0.4, 0.5) is 0 Å². The molecule has 0 fully saturated rings. The fourth-order valence-corrected chi connectivity index (χ4v) is 1.35. The summed E-state index contributed by atoms with van der Waals surface area (Å²) in [7, 11) is 1.99. The highest BCUT2D eigenvalue weighted by atomic mass is 32.1. The standard InChI is InChI=1S/C5H7BN2OS/c6-4-1-8-5(10-4)2-7-3-9/h1,3H,2,6H2,(H,7,9). The monoisotopic (exact) mass is 154 g/mol. The lowest BCUT2D eigenvalue weighted by Gasteiger charge is -1.89. The van der Waals surface area contributed by atoms with Crippen LogP contribution in [0.3, 0.4) is 0 Å². The number of thiazole rings is 1. The molecule has 1 amide bonds. The predicted octanol–water partition coefficient (Wildman–Crippen LogP) is -1.35. The molecule has 5 heteroatoms. The summed E-state index contributed by atoms with van der Waals surface area (Å²) in [4.78, 5) is 13.9. The molecule has 0 unspecified atom stereocenters. The van der Waals surface area contributed by atoms with Crippen LogP contribution in [0.5, 0.6) is 0 Å². The minimum absolute atomic E-state index is 0.544. The summed E-state index contributed by atoms with van der Waals surface area (Å²) >= 11 is 1.60. The zero-order valence-electron chi connectivity index (χ0n) is 5.63. The molecule has 0 atom stereocenters. The number of hydrogen-bond donors (Lipinski definition) is 1. The van der Waals surface area contributed by atoms with Crippen molar-refractivity contribution < 1.29 is 4.79 Å². The number of carbonyl (C=O) groups is 1. The van der Waals surface area contributed by atoms with Crippen molar-refractivity contribution in [2.45, 2.75) is 6.54 Å². The number of hydrogen-bond acceptors (Lipinski definition) is 3. The van der Waals surface area contributed by atoms with Crippen molar-refractivity contribution in [2.24, 2.45) is 0 Å². The molecule has 0 aromatic carbocycles. The fourth-order valence-electron chi connectivity index (χ4n) is 0.612. The van der Waals surface area contributed by atoms with Gasteiger partial charge in [-0.15, -0.1) is 11.3 Å². The lowest BCUT2D eigenvalue weighted by molar-refractivity contribution is -0.109. The van der Waals surface area contributed by atoms with Gasteiger partial charge in [-0.1, -0.05) is 0 Å². The minimum atomic E-state index is 0.544. The first-order valence-corrected chi connectivity index (χ1v) is 3.73. The Morgan fingerprint density at radius 2 is 2.70 bits per heavy atom. The van der Waals surface area contributed by atoms with Gasteiger partial charge in [-0.2, -0.15) is 0 Å². The van der Waals surface area contributed by atoms with E-state index < -0.39 is 0 Å². The van der Waals surface area contributed by atoms with Crippen LogP contribution >= 0.6 is 11.3 Å². The molecule has 0 saturated heterocycles. The minimum Gasteiger partial charge on any atom is -0.352 e. The SMILES string of the molecule is Bc1cnc(CNC=O)s1. The van der Waals surface area contributed by atoms with Crippen molar-refractivity contribution in [1.29, 1.82) is 0 Å². The summed E-state index contributed by atoms with van der Waals surface area (Å²) in [6, 6.07) is 0. The van der Waals surface area contributed by atoms with Crippen molar-refractivity contribution in [3.8, 4) is 0 Å². The van der Waals surface area contributed by atoms with Crippen LogP contribution in [0, 0.1) is 0 Å². The van der Waals surface area contributed by atoms with Crippen LogP contribution in [-0.4, -0.2) is 19.2 Å². The third kappa shape index (κ3) is 1.84. The van der Waals surface area contributed by atoms with Gasteiger partial charge in [0.1, 0.15) is 5.01 Å². The zero-order chi connectivity index (χ0) is 7.40. The van der Waals surface area contributed by atoms with Crippen molar-refractivity contribution >= 4 is 30.4 Å². The Kier molecular flexibility index (Phi) is 2.45. The van der Waals surface area contributed by atoms with Crippen molar-refractivity contribution in [1.82, 2.24) is 10.3 Å². The molecular weight excluding hydrogens is 147 g/mol. The van der Waals surface area contributed by atoms with Gasteiger partial charge in [0, 0.05) is 6.20 Å². The van der Waals surface area contributed by atoms with E-state index in [0.717, 1.165) is 5.01 Å². The molecule has 0 radical (unpaired) electrons. The third-order valence-corrected chi connectivity index (χ3v) is 1.92. The highest BCUT2D eigenvalue weighted by Crippen LogP contribution is 1.98. The van der Waals surface area contributed by atoms with Crippen LogP contribution < -0.4 is 10.1 Å². The van der Waals surface area contributed by atoms with Crippen LogP contribution in [0.15, 0.2) is 6.20 Å². The van der Waals surface area contributed by atoms with Crippen molar-refractivity contribution in [3.63, 3.8) is 0 Å². The lowest BCUT2D eigenvalue weighted by atomic mass is 10.1. The molecule has 0 aliphatic rings. The molecule has 0 aliphatic heterocycles. The number of aromatic nitrogens is 1. The fraction of sp³-hybridized carbons (Fsp3) is 0.200. The first-order valence-electron chi connectivity index (χ1n) is 2.91. The Morgan fingerprint density at radius 3 is 3.20 bits per heavy atom. The largest absolute Gasteiger partial charge is 0.352 e. The van der Waals surface area contributed by atoms with Gasteiger partial charge < -0.3 is 5.32 Å². The van der Waals surface area contributed by atoms with Gasteiger partial charge in [0.2, 0.25) is 6.41 Å². The Hall–Kier alpha value is -0.835. The van der Waals surface area contributed by atoms with E-state index in [1.54, 1.807) is 17.5 Å². The first kappa shape index (κ1) is 7.27. The quantitative estimate of drug-likeness (QED) is 0.432. The van der Waals surface area contributed by atoms with Gasteiger partial charge in [0.15, 0.2) is 7.85 Å². The van der Waals surface area contributed by atoms with E-state index in [2.05, 4.69) is 10.3 Å². The second kappa shape index (κ2) is 3.36. The number of amides is 1. The second-order valence-electron chi connectivity index (χ2n) is 1.86. The molecule has 52 valence electrons. The summed E-state index contributed by atoms with van der Waals surface area (Å²) < 4.78 is 1.17. The summed E-state index contributed by atoms with van der Waals surface area (Å²) in [6.07, 6.45) is 2.48. The molecule has 1 heterocycles. The molecule has 0 saturated carbocycles. The molecular formula is C5H7BN2OS. The van der Waals surface area contributed by atoms with Crippen molar-refractivity contribution in [2.75, 3.05) is 0 Å². The van der Waals surface area contributed by atoms with Crippen LogP contribution in [0.25, 0.3) is 0 Å². The average molecular weight is 154 g/mol. The smallest absolute Gasteiger partial charge is 0.207 e. The maximum Gasteiger partial charge on any atom is 0.207 e. The second-order valence-corrected chi connectivity index (χ2v) is 3.18. The van der Waals surface area contributed by atoms with Crippen molar-refractivity contribution in [3.05, 3.63) is 11.2 Å². The van der Waals surface area contributed by atoms with E-state index in [9.17, 15) is 4.79 Å². The number of nitrogens with zero attached hydrogens (tertiary/aromatic N) is 1. The van der Waals surface area contributed by atoms with Crippen LogP contribution in [-0.2, 0) is 11.3 Å². The molecule has 1 aromatic rings. The number of nitrogens with one attached hydrogen (secondary N) is 1. The summed E-state index contributed by atoms with van der Waals surface area (Å²) in [6.45, 7) is 0.544. The van der Waals surface area contributed by atoms with Crippen LogP contribution in [0.2, 0.25) is 0 Å². The number of carbonyl (C=O) groups excluding carboxylic acids is 1. The number of rotatable bonds is 3. The van der Waals surface area contributed by atoms with E-state index in [1.807, 2.05) is 7.85 Å². The summed E-state index contributed by atoms with van der Waals surface area (Å²) in [5, 5.41) is 3.49. The maximum absolute atomic E-state index is 9.85. The van der Waals surface area contributed by atoms with Crippen LogP contribution in [0.1, 0.15) is 5.01 Å². The molecule has 3 nitrogen and oxygen atoms in total. The lowest BCUT2D eigenvalue weighted by Crippen LogP contribution is -2.09. The van der Waals surface area contributed by atoms with Gasteiger partial charge in [-0.25, -0.2) is 4.98 Å². The van der Waals surface area contributed by atoms with Gasteiger partial charge in [-0.05, 0) is 4.78 Å². The maximum atomic E-state index is 9.85. The Bertz CT molecular complexity index is 225. The molecule has 0 spiro atoms. The molecule has 1 N–H and O–H groups in total. The van der Waals surface area contributed by atoms with E-state index >= 15 is 0 Å². The van der Waals surface area contributed by atoms with E-state index in [4.69, 9.17) is 0 Å². The Balaban J connectivity index is 2.49.